The minimum Gasteiger partial charge on any atom is -0.374 e. The van der Waals surface area contributed by atoms with Gasteiger partial charge in [0.2, 0.25) is 23.6 Å². The Hall–Kier alpha value is -1.65. The molecule has 0 spiro atoms. The summed E-state index contributed by atoms with van der Waals surface area (Å²) in [6.45, 7) is 8.02. The Labute approximate surface area is 171 Å². The molecule has 0 radical (unpaired) electrons. The zero-order valence-electron chi connectivity index (χ0n) is 17.3. The molecule has 1 saturated heterocycles. The van der Waals surface area contributed by atoms with Crippen molar-refractivity contribution in [2.24, 2.45) is 5.41 Å². The maximum atomic E-state index is 12.0. The van der Waals surface area contributed by atoms with Gasteiger partial charge in [-0.3, -0.25) is 29.5 Å². The molecule has 160 valence electrons. The number of rotatable bonds is 11. The highest BCUT2D eigenvalue weighted by molar-refractivity contribution is 7.81. The molecule has 0 aliphatic carbocycles. The van der Waals surface area contributed by atoms with E-state index in [0.717, 1.165) is 4.90 Å². The second-order valence-electron chi connectivity index (χ2n) is 8.09. The Balaban J connectivity index is 2.33. The zero-order valence-corrected chi connectivity index (χ0v) is 18.2. The Kier molecular flexibility index (Phi) is 8.90. The van der Waals surface area contributed by atoms with Crippen molar-refractivity contribution in [3.8, 4) is 0 Å². The van der Waals surface area contributed by atoms with E-state index < -0.39 is 16.3 Å². The average molecular weight is 417 g/mol. The minimum atomic E-state index is -0.705. The van der Waals surface area contributed by atoms with Gasteiger partial charge in [-0.05, 0) is 34.1 Å². The smallest absolute Gasteiger partial charge is 0.242 e. The van der Waals surface area contributed by atoms with Gasteiger partial charge in [-0.1, -0.05) is 0 Å². The zero-order chi connectivity index (χ0) is 21.5. The largest absolute Gasteiger partial charge is 0.374 e. The summed E-state index contributed by atoms with van der Waals surface area (Å²) in [5.41, 5.74) is 3.91. The number of carbonyl (C=O) groups is 4. The lowest BCUT2D eigenvalue weighted by Gasteiger charge is -2.31. The van der Waals surface area contributed by atoms with Crippen molar-refractivity contribution in [1.82, 2.24) is 21.1 Å². The Bertz CT molecular complexity index is 609. The first-order valence-corrected chi connectivity index (χ1v) is 9.81. The number of hydrogen-bond donors (Lipinski definition) is 4. The van der Waals surface area contributed by atoms with Crippen molar-refractivity contribution in [3.63, 3.8) is 0 Å². The summed E-state index contributed by atoms with van der Waals surface area (Å²) in [6.07, 6.45) is 0.678. The maximum Gasteiger partial charge on any atom is 0.242 e. The van der Waals surface area contributed by atoms with Gasteiger partial charge in [0.05, 0.1) is 22.9 Å². The van der Waals surface area contributed by atoms with Gasteiger partial charge in [0.25, 0.3) is 0 Å². The van der Waals surface area contributed by atoms with E-state index in [1.165, 1.54) is 0 Å². The van der Waals surface area contributed by atoms with E-state index in [1.807, 2.05) is 13.8 Å². The molecule has 10 heteroatoms. The Morgan fingerprint density at radius 1 is 1.25 bits per heavy atom. The molecule has 0 aromatic rings. The number of thiol groups is 1. The molecule has 3 N–H and O–H groups in total. The fourth-order valence-corrected chi connectivity index (χ4v) is 2.80. The van der Waals surface area contributed by atoms with Crippen molar-refractivity contribution in [1.29, 1.82) is 0 Å². The number of amides is 4. The van der Waals surface area contributed by atoms with Crippen LogP contribution in [0.2, 0.25) is 0 Å². The summed E-state index contributed by atoms with van der Waals surface area (Å²) in [4.78, 5) is 48.5. The first-order valence-electron chi connectivity index (χ1n) is 9.30. The van der Waals surface area contributed by atoms with Gasteiger partial charge in [-0.15, -0.1) is 0 Å². The van der Waals surface area contributed by atoms with E-state index in [1.54, 1.807) is 20.9 Å². The Morgan fingerprint density at radius 3 is 2.43 bits per heavy atom. The molecule has 1 aliphatic heterocycles. The van der Waals surface area contributed by atoms with Crippen LogP contribution >= 0.6 is 12.6 Å². The predicted molar refractivity (Wildman–Crippen MR) is 107 cm³/mol. The molecule has 4 amide bonds. The van der Waals surface area contributed by atoms with E-state index in [4.69, 9.17) is 4.74 Å². The molecule has 1 unspecified atom stereocenters. The summed E-state index contributed by atoms with van der Waals surface area (Å²) >= 11 is 4.05. The number of imide groups is 1. The van der Waals surface area contributed by atoms with Crippen molar-refractivity contribution < 1.29 is 23.9 Å². The first-order chi connectivity index (χ1) is 12.9. The third kappa shape index (κ3) is 7.40. The molecule has 0 saturated carbocycles. The molecule has 0 aromatic heterocycles. The number of carbonyl (C=O) groups excluding carboxylic acids is 4. The standard InChI is InChI=1S/C18H32N4O5S/c1-17(2,16(26)21-19-5)11-27-18(3,4)7-8-20-13(23)6-9-22-14(24)10-12(28)15(22)25/h12,19,28H,6-11H2,1-5H3,(H,20,23)(H,21,26). The summed E-state index contributed by atoms with van der Waals surface area (Å²) in [5.74, 6) is -1.06. The average Bonchev–Trinajstić information content (AvgIpc) is 2.84. The maximum absolute atomic E-state index is 12.0. The minimum absolute atomic E-state index is 0.0521. The van der Waals surface area contributed by atoms with Crippen LogP contribution in [0.3, 0.4) is 0 Å². The topological polar surface area (TPSA) is 117 Å². The van der Waals surface area contributed by atoms with Crippen LogP contribution in [0.15, 0.2) is 0 Å². The van der Waals surface area contributed by atoms with Crippen LogP contribution < -0.4 is 16.2 Å². The number of likely N-dealkylation sites (tertiary alicyclic amines) is 1. The number of nitrogens with zero attached hydrogens (tertiary/aromatic N) is 1. The number of hydrazine groups is 1. The lowest BCUT2D eigenvalue weighted by Crippen LogP contribution is -2.46. The van der Waals surface area contributed by atoms with Crippen LogP contribution in [0.25, 0.3) is 0 Å². The molecule has 1 atom stereocenters. The van der Waals surface area contributed by atoms with Crippen molar-refractivity contribution in [2.75, 3.05) is 26.7 Å². The highest BCUT2D eigenvalue weighted by atomic mass is 32.1. The van der Waals surface area contributed by atoms with Crippen molar-refractivity contribution >= 4 is 36.3 Å². The molecule has 1 heterocycles. The van der Waals surface area contributed by atoms with Crippen molar-refractivity contribution in [2.45, 2.75) is 57.8 Å². The molecule has 1 aliphatic rings. The lowest BCUT2D eigenvalue weighted by molar-refractivity contribution is -0.139. The molecule has 9 nitrogen and oxygen atoms in total. The third-order valence-electron chi connectivity index (χ3n) is 4.51. The van der Waals surface area contributed by atoms with E-state index >= 15 is 0 Å². The molecule has 0 bridgehead atoms. The van der Waals surface area contributed by atoms with Crippen LogP contribution in [-0.4, -0.2) is 66.1 Å². The highest BCUT2D eigenvalue weighted by Crippen LogP contribution is 2.22. The number of nitrogens with one attached hydrogen (secondary N) is 3. The van der Waals surface area contributed by atoms with Gasteiger partial charge in [-0.2, -0.15) is 12.6 Å². The second-order valence-corrected chi connectivity index (χ2v) is 8.71. The molecule has 28 heavy (non-hydrogen) atoms. The van der Waals surface area contributed by atoms with Gasteiger partial charge in [0.15, 0.2) is 0 Å². The molecular weight excluding hydrogens is 384 g/mol. The predicted octanol–water partition coefficient (Wildman–Crippen LogP) is 0.0121. The summed E-state index contributed by atoms with van der Waals surface area (Å²) in [7, 11) is 1.62. The number of hydrogen-bond acceptors (Lipinski definition) is 7. The third-order valence-corrected chi connectivity index (χ3v) is 4.91. The fraction of sp³-hybridized carbons (Fsp3) is 0.778. The monoisotopic (exact) mass is 416 g/mol. The van der Waals surface area contributed by atoms with E-state index in [9.17, 15) is 19.2 Å². The molecule has 1 rings (SSSR count). The van der Waals surface area contributed by atoms with Crippen molar-refractivity contribution in [3.05, 3.63) is 0 Å². The van der Waals surface area contributed by atoms with E-state index in [2.05, 4.69) is 28.8 Å². The van der Waals surface area contributed by atoms with Crippen LogP contribution in [0, 0.1) is 5.41 Å². The van der Waals surface area contributed by atoms with Crippen LogP contribution in [0.1, 0.15) is 47.0 Å². The van der Waals surface area contributed by atoms with Gasteiger partial charge < -0.3 is 10.1 Å². The first kappa shape index (κ1) is 24.4. The normalized spacial score (nSPS) is 17.8. The van der Waals surface area contributed by atoms with E-state index in [-0.39, 0.29) is 49.6 Å². The molecular formula is C18H32N4O5S. The lowest BCUT2D eigenvalue weighted by atomic mass is 9.93. The van der Waals surface area contributed by atoms with Gasteiger partial charge in [0.1, 0.15) is 0 Å². The van der Waals surface area contributed by atoms with Gasteiger partial charge >= 0.3 is 0 Å². The second kappa shape index (κ2) is 10.2. The summed E-state index contributed by atoms with van der Waals surface area (Å²) in [6, 6.07) is 0. The molecule has 0 aromatic carbocycles. The molecule has 1 fully saturated rings. The summed E-state index contributed by atoms with van der Waals surface area (Å²) < 4.78 is 5.88. The van der Waals surface area contributed by atoms with Gasteiger partial charge in [0, 0.05) is 33.0 Å². The van der Waals surface area contributed by atoms with Crippen LogP contribution in [0.5, 0.6) is 0 Å². The Morgan fingerprint density at radius 2 is 1.89 bits per heavy atom. The highest BCUT2D eigenvalue weighted by Gasteiger charge is 2.36. The van der Waals surface area contributed by atoms with E-state index in [0.29, 0.717) is 13.0 Å². The van der Waals surface area contributed by atoms with Crippen LogP contribution in [-0.2, 0) is 23.9 Å². The van der Waals surface area contributed by atoms with Gasteiger partial charge in [-0.25, -0.2) is 5.43 Å². The summed E-state index contributed by atoms with van der Waals surface area (Å²) in [5, 5.41) is 2.16. The quantitative estimate of drug-likeness (QED) is 0.214. The number of ether oxygens (including phenoxy) is 1. The van der Waals surface area contributed by atoms with Crippen LogP contribution in [0.4, 0.5) is 0 Å². The fourth-order valence-electron chi connectivity index (χ4n) is 2.50. The SMILES string of the molecule is CNNC(=O)C(C)(C)COC(C)(C)CCNC(=O)CCN1C(=O)CC(S)C1=O.